The molecule has 0 aromatic carbocycles. The fourth-order valence-corrected chi connectivity index (χ4v) is 2.16. The summed E-state index contributed by atoms with van der Waals surface area (Å²) in [6.45, 7) is 2.87. The molecule has 0 saturated heterocycles. The van der Waals surface area contributed by atoms with Gasteiger partial charge in [-0.15, -0.1) is 0 Å². The van der Waals surface area contributed by atoms with Gasteiger partial charge in [0.15, 0.2) is 5.82 Å². The molecule has 0 atom stereocenters. The van der Waals surface area contributed by atoms with Gasteiger partial charge in [0.05, 0.1) is 0 Å². The van der Waals surface area contributed by atoms with E-state index in [9.17, 15) is 0 Å². The first-order valence-electron chi connectivity index (χ1n) is 4.49. The van der Waals surface area contributed by atoms with Crippen LogP contribution in [-0.2, 0) is 0 Å². The minimum absolute atomic E-state index is 0.656. The van der Waals surface area contributed by atoms with Gasteiger partial charge in [0.25, 0.3) is 0 Å². The number of hydrogen-bond acceptors (Lipinski definition) is 5. The van der Waals surface area contributed by atoms with Gasteiger partial charge in [-0.25, -0.2) is 0 Å². The highest BCUT2D eigenvalue weighted by Gasteiger charge is 2.09. The van der Waals surface area contributed by atoms with Gasteiger partial charge < -0.3 is 5.32 Å². The minimum atomic E-state index is 0.656. The lowest BCUT2D eigenvalue weighted by atomic mass is 10.3. The number of halogens is 1. The monoisotopic (exact) mass is 284 g/mol. The van der Waals surface area contributed by atoms with Crippen molar-refractivity contribution in [1.29, 1.82) is 0 Å². The van der Waals surface area contributed by atoms with Crippen molar-refractivity contribution in [2.45, 2.75) is 6.92 Å². The van der Waals surface area contributed by atoms with E-state index in [0.29, 0.717) is 5.82 Å². The molecule has 0 aliphatic carbocycles. The summed E-state index contributed by atoms with van der Waals surface area (Å²) < 4.78 is 5.15. The number of rotatable bonds is 3. The molecule has 6 heteroatoms. The Morgan fingerprint density at radius 2 is 2.40 bits per heavy atom. The molecule has 0 fully saturated rings. The highest BCUT2D eigenvalue weighted by Crippen LogP contribution is 2.25. The quantitative estimate of drug-likeness (QED) is 0.942. The van der Waals surface area contributed by atoms with Crippen LogP contribution in [0.2, 0.25) is 0 Å². The first-order chi connectivity index (χ1) is 7.31. The molecule has 0 aliphatic heterocycles. The number of nitrogens with zero attached hydrogens (tertiary/aromatic N) is 3. The van der Waals surface area contributed by atoms with Crippen LogP contribution in [0.5, 0.6) is 0 Å². The molecule has 0 radical (unpaired) electrons. The number of pyridine rings is 1. The van der Waals surface area contributed by atoms with Gasteiger partial charge >= 0.3 is 0 Å². The second-order valence-corrected chi connectivity index (χ2v) is 4.39. The van der Waals surface area contributed by atoms with E-state index < -0.39 is 0 Å². The molecule has 0 aliphatic rings. The van der Waals surface area contributed by atoms with Crippen molar-refractivity contribution >= 4 is 32.6 Å². The van der Waals surface area contributed by atoms with Crippen LogP contribution in [0.4, 0.5) is 5.13 Å². The summed E-state index contributed by atoms with van der Waals surface area (Å²) >= 11 is 4.77. The van der Waals surface area contributed by atoms with Crippen molar-refractivity contribution in [2.75, 3.05) is 11.9 Å². The molecule has 2 aromatic heterocycles. The molecule has 78 valence electrons. The van der Waals surface area contributed by atoms with Crippen LogP contribution in [0, 0.1) is 0 Å². The first-order valence-corrected chi connectivity index (χ1v) is 6.06. The topological polar surface area (TPSA) is 50.7 Å². The summed E-state index contributed by atoms with van der Waals surface area (Å²) in [5.41, 5.74) is 0.776. The van der Waals surface area contributed by atoms with Crippen molar-refractivity contribution < 1.29 is 0 Å². The summed E-state index contributed by atoms with van der Waals surface area (Å²) in [4.78, 5) is 8.56. The summed E-state index contributed by atoms with van der Waals surface area (Å²) in [6, 6.07) is 3.79. The number of anilines is 1. The Morgan fingerprint density at radius 3 is 3.13 bits per heavy atom. The summed E-state index contributed by atoms with van der Waals surface area (Å²) in [7, 11) is 0. The van der Waals surface area contributed by atoms with Crippen molar-refractivity contribution in [1.82, 2.24) is 14.3 Å². The summed E-state index contributed by atoms with van der Waals surface area (Å²) in [5, 5.41) is 3.94. The Kier molecular flexibility index (Phi) is 3.27. The molecule has 4 nitrogen and oxygen atoms in total. The maximum atomic E-state index is 4.33. The maximum Gasteiger partial charge on any atom is 0.202 e. The van der Waals surface area contributed by atoms with Crippen molar-refractivity contribution in [2.24, 2.45) is 0 Å². The van der Waals surface area contributed by atoms with Crippen LogP contribution < -0.4 is 5.32 Å². The zero-order valence-electron chi connectivity index (χ0n) is 8.07. The largest absolute Gasteiger partial charge is 0.361 e. The third-order valence-electron chi connectivity index (χ3n) is 1.72. The predicted molar refractivity (Wildman–Crippen MR) is 65.0 cm³/mol. The maximum absolute atomic E-state index is 4.33. The molecule has 0 spiro atoms. The zero-order valence-corrected chi connectivity index (χ0v) is 10.5. The lowest BCUT2D eigenvalue weighted by Crippen LogP contribution is -1.95. The molecule has 0 amide bonds. The number of nitrogens with one attached hydrogen (secondary N) is 1. The molecule has 2 heterocycles. The average Bonchev–Trinajstić information content (AvgIpc) is 2.68. The molecule has 2 aromatic rings. The smallest absolute Gasteiger partial charge is 0.202 e. The average molecular weight is 285 g/mol. The van der Waals surface area contributed by atoms with Gasteiger partial charge in [-0.05, 0) is 35.0 Å². The predicted octanol–water partition coefficient (Wildman–Crippen LogP) is 2.79. The van der Waals surface area contributed by atoms with E-state index >= 15 is 0 Å². The Bertz CT molecular complexity index is 457. The fraction of sp³-hybridized carbons (Fsp3) is 0.222. The number of aromatic nitrogens is 3. The van der Waals surface area contributed by atoms with Crippen LogP contribution in [0.1, 0.15) is 6.92 Å². The Labute approximate surface area is 100 Å². The summed E-state index contributed by atoms with van der Waals surface area (Å²) in [6.07, 6.45) is 1.73. The van der Waals surface area contributed by atoms with Crippen LogP contribution in [-0.4, -0.2) is 20.9 Å². The van der Waals surface area contributed by atoms with E-state index in [4.69, 9.17) is 0 Å². The third-order valence-corrected chi connectivity index (χ3v) is 3.04. The normalized spacial score (nSPS) is 10.3. The molecular formula is C9H9BrN4S. The lowest BCUT2D eigenvalue weighted by Gasteiger charge is -1.96. The molecule has 2 rings (SSSR count). The van der Waals surface area contributed by atoms with Crippen molar-refractivity contribution in [3.8, 4) is 11.5 Å². The SMILES string of the molecule is CCNc1nc(-c2ncccc2Br)ns1. The second kappa shape index (κ2) is 4.67. The van der Waals surface area contributed by atoms with Crippen LogP contribution in [0.25, 0.3) is 11.5 Å². The van der Waals surface area contributed by atoms with Crippen LogP contribution in [0.15, 0.2) is 22.8 Å². The highest BCUT2D eigenvalue weighted by molar-refractivity contribution is 9.10. The van der Waals surface area contributed by atoms with Gasteiger partial charge in [0, 0.05) is 28.7 Å². The Balaban J connectivity index is 2.33. The van der Waals surface area contributed by atoms with E-state index in [1.54, 1.807) is 6.20 Å². The highest BCUT2D eigenvalue weighted by atomic mass is 79.9. The van der Waals surface area contributed by atoms with Gasteiger partial charge in [0.1, 0.15) is 5.69 Å². The zero-order chi connectivity index (χ0) is 10.7. The lowest BCUT2D eigenvalue weighted by molar-refractivity contribution is 1.17. The molecule has 0 bridgehead atoms. The van der Waals surface area contributed by atoms with Gasteiger partial charge in [-0.2, -0.15) is 9.36 Å². The number of hydrogen-bond donors (Lipinski definition) is 1. The van der Waals surface area contributed by atoms with E-state index in [0.717, 1.165) is 21.8 Å². The minimum Gasteiger partial charge on any atom is -0.361 e. The molecule has 15 heavy (non-hydrogen) atoms. The van der Waals surface area contributed by atoms with E-state index in [-0.39, 0.29) is 0 Å². The Morgan fingerprint density at radius 1 is 1.53 bits per heavy atom. The standard InChI is InChI=1S/C9H9BrN4S/c1-2-11-9-13-8(14-15-9)7-6(10)4-3-5-12-7/h3-5H,2H2,1H3,(H,11,13,14). The third kappa shape index (κ3) is 2.32. The summed E-state index contributed by atoms with van der Waals surface area (Å²) in [5.74, 6) is 0.656. The second-order valence-electron chi connectivity index (χ2n) is 2.79. The molecule has 0 unspecified atom stereocenters. The van der Waals surface area contributed by atoms with Gasteiger partial charge in [-0.1, -0.05) is 0 Å². The van der Waals surface area contributed by atoms with E-state index in [2.05, 4.69) is 35.6 Å². The molecule has 0 saturated carbocycles. The fourth-order valence-electron chi connectivity index (χ4n) is 1.09. The van der Waals surface area contributed by atoms with Crippen molar-refractivity contribution in [3.05, 3.63) is 22.8 Å². The first kappa shape index (κ1) is 10.5. The Hall–Kier alpha value is -1.01. The van der Waals surface area contributed by atoms with E-state index in [1.165, 1.54) is 11.5 Å². The van der Waals surface area contributed by atoms with Crippen LogP contribution >= 0.6 is 27.5 Å². The van der Waals surface area contributed by atoms with Crippen molar-refractivity contribution in [3.63, 3.8) is 0 Å². The van der Waals surface area contributed by atoms with Gasteiger partial charge in [0.2, 0.25) is 5.13 Å². The molecule has 1 N–H and O–H groups in total. The van der Waals surface area contributed by atoms with Crippen LogP contribution in [0.3, 0.4) is 0 Å². The van der Waals surface area contributed by atoms with Gasteiger partial charge in [-0.3, -0.25) is 4.98 Å². The van der Waals surface area contributed by atoms with E-state index in [1.807, 2.05) is 19.1 Å². The molecular weight excluding hydrogens is 276 g/mol.